The molecule has 2 aromatic rings. The SMILES string of the molecule is COc1ccc(Nc2cc(C(F)(F)F)nc(NC3CC3)n2)cc1C(F)(F)F. The normalized spacial score (nSPS) is 14.8. The minimum Gasteiger partial charge on any atom is -0.496 e. The first-order valence-corrected chi connectivity index (χ1v) is 7.81. The van der Waals surface area contributed by atoms with Crippen molar-refractivity contribution in [3.63, 3.8) is 0 Å². The number of halogens is 6. The Morgan fingerprint density at radius 1 is 1.00 bits per heavy atom. The van der Waals surface area contributed by atoms with E-state index in [2.05, 4.69) is 25.3 Å². The standard InChI is InChI=1S/C16H14F6N4O/c1-27-11-5-4-9(6-10(11)15(17,18)19)23-13-7-12(16(20,21)22)25-14(26-13)24-8-2-3-8/h4-8H,2-3H2,1H3,(H2,23,24,25,26). The number of alkyl halides is 6. The Labute approximate surface area is 149 Å². The minimum atomic E-state index is -4.73. The summed E-state index contributed by atoms with van der Waals surface area (Å²) in [5.41, 5.74) is -2.35. The molecule has 1 saturated carbocycles. The number of anilines is 3. The van der Waals surface area contributed by atoms with Gasteiger partial charge in [-0.25, -0.2) is 4.98 Å². The van der Waals surface area contributed by atoms with E-state index in [0.717, 1.165) is 32.1 Å². The number of hydrogen-bond acceptors (Lipinski definition) is 5. The largest absolute Gasteiger partial charge is 0.496 e. The summed E-state index contributed by atoms with van der Waals surface area (Å²) in [4.78, 5) is 7.33. The highest BCUT2D eigenvalue weighted by molar-refractivity contribution is 5.61. The van der Waals surface area contributed by atoms with Crippen LogP contribution >= 0.6 is 0 Å². The smallest absolute Gasteiger partial charge is 0.433 e. The molecular weight excluding hydrogens is 378 g/mol. The average Bonchev–Trinajstić information content (AvgIpc) is 3.37. The summed E-state index contributed by atoms with van der Waals surface area (Å²) in [6.07, 6.45) is -7.84. The van der Waals surface area contributed by atoms with Gasteiger partial charge in [-0.1, -0.05) is 0 Å². The van der Waals surface area contributed by atoms with Gasteiger partial charge in [-0.3, -0.25) is 0 Å². The van der Waals surface area contributed by atoms with Gasteiger partial charge >= 0.3 is 12.4 Å². The quantitative estimate of drug-likeness (QED) is 0.713. The number of aromatic nitrogens is 2. The van der Waals surface area contributed by atoms with E-state index in [1.54, 1.807) is 0 Å². The molecule has 1 aliphatic rings. The van der Waals surface area contributed by atoms with Gasteiger partial charge in [0.2, 0.25) is 5.95 Å². The van der Waals surface area contributed by atoms with Crippen LogP contribution < -0.4 is 15.4 Å². The van der Waals surface area contributed by atoms with E-state index in [9.17, 15) is 26.3 Å². The lowest BCUT2D eigenvalue weighted by molar-refractivity contribution is -0.141. The van der Waals surface area contributed by atoms with Gasteiger partial charge in [0.05, 0.1) is 12.7 Å². The van der Waals surface area contributed by atoms with Crippen molar-refractivity contribution in [1.29, 1.82) is 0 Å². The lowest BCUT2D eigenvalue weighted by Gasteiger charge is -2.15. The predicted octanol–water partition coefficient (Wildman–Crippen LogP) is 4.84. The molecule has 3 rings (SSSR count). The number of rotatable bonds is 5. The summed E-state index contributed by atoms with van der Waals surface area (Å²) >= 11 is 0. The summed E-state index contributed by atoms with van der Waals surface area (Å²) in [6.45, 7) is 0. The highest BCUT2D eigenvalue weighted by atomic mass is 19.4. The zero-order chi connectivity index (χ0) is 19.8. The molecule has 5 nitrogen and oxygen atoms in total. The van der Waals surface area contributed by atoms with Gasteiger partial charge in [0, 0.05) is 17.8 Å². The molecule has 0 unspecified atom stereocenters. The third-order valence-corrected chi connectivity index (χ3v) is 3.70. The second kappa shape index (κ2) is 6.78. The van der Waals surface area contributed by atoms with Crippen LogP contribution in [0.4, 0.5) is 43.8 Å². The molecule has 1 aromatic carbocycles. The molecule has 27 heavy (non-hydrogen) atoms. The molecule has 1 aliphatic carbocycles. The topological polar surface area (TPSA) is 59.1 Å². The molecule has 0 amide bonds. The van der Waals surface area contributed by atoms with Crippen LogP contribution in [0.5, 0.6) is 5.75 Å². The number of benzene rings is 1. The van der Waals surface area contributed by atoms with Gasteiger partial charge in [0.25, 0.3) is 0 Å². The molecule has 2 N–H and O–H groups in total. The fourth-order valence-electron chi connectivity index (χ4n) is 2.29. The molecule has 0 aliphatic heterocycles. The Morgan fingerprint density at radius 2 is 1.70 bits per heavy atom. The molecule has 1 aromatic heterocycles. The van der Waals surface area contributed by atoms with Gasteiger partial charge in [-0.2, -0.15) is 31.3 Å². The third-order valence-electron chi connectivity index (χ3n) is 3.70. The average molecular weight is 392 g/mol. The van der Waals surface area contributed by atoms with Crippen LogP contribution in [0.15, 0.2) is 24.3 Å². The summed E-state index contributed by atoms with van der Waals surface area (Å²) in [5.74, 6) is -0.916. The van der Waals surface area contributed by atoms with E-state index in [1.807, 2.05) is 0 Å². The first-order valence-electron chi connectivity index (χ1n) is 7.81. The molecule has 1 fully saturated rings. The zero-order valence-corrected chi connectivity index (χ0v) is 13.9. The Hall–Kier alpha value is -2.72. The van der Waals surface area contributed by atoms with Crippen molar-refractivity contribution in [3.05, 3.63) is 35.5 Å². The Kier molecular flexibility index (Phi) is 4.79. The van der Waals surface area contributed by atoms with Crippen LogP contribution in [0.25, 0.3) is 0 Å². The monoisotopic (exact) mass is 392 g/mol. The van der Waals surface area contributed by atoms with Crippen molar-refractivity contribution >= 4 is 17.5 Å². The lowest BCUT2D eigenvalue weighted by atomic mass is 10.1. The molecule has 0 bridgehead atoms. The zero-order valence-electron chi connectivity index (χ0n) is 13.9. The van der Waals surface area contributed by atoms with Crippen molar-refractivity contribution in [1.82, 2.24) is 9.97 Å². The number of nitrogens with one attached hydrogen (secondary N) is 2. The second-order valence-electron chi connectivity index (χ2n) is 5.92. The van der Waals surface area contributed by atoms with Crippen LogP contribution in [-0.4, -0.2) is 23.1 Å². The number of methoxy groups -OCH3 is 1. The van der Waals surface area contributed by atoms with Gasteiger partial charge in [-0.15, -0.1) is 0 Å². The van der Waals surface area contributed by atoms with E-state index in [0.29, 0.717) is 6.07 Å². The molecule has 146 valence electrons. The first kappa shape index (κ1) is 19.1. The van der Waals surface area contributed by atoms with Crippen LogP contribution in [0.2, 0.25) is 0 Å². The summed E-state index contributed by atoms with van der Waals surface area (Å²) in [6, 6.07) is 3.69. The minimum absolute atomic E-state index is 0.000785. The van der Waals surface area contributed by atoms with Crippen LogP contribution in [-0.2, 0) is 12.4 Å². The maximum Gasteiger partial charge on any atom is 0.433 e. The van der Waals surface area contributed by atoms with Crippen LogP contribution in [0, 0.1) is 0 Å². The van der Waals surface area contributed by atoms with Gasteiger partial charge in [0.15, 0.2) is 5.69 Å². The summed E-state index contributed by atoms with van der Waals surface area (Å²) < 4.78 is 83.1. The summed E-state index contributed by atoms with van der Waals surface area (Å²) in [7, 11) is 1.09. The fourth-order valence-corrected chi connectivity index (χ4v) is 2.29. The number of ether oxygens (including phenoxy) is 1. The predicted molar refractivity (Wildman–Crippen MR) is 85.0 cm³/mol. The molecule has 0 saturated heterocycles. The van der Waals surface area contributed by atoms with E-state index in [1.165, 1.54) is 6.07 Å². The van der Waals surface area contributed by atoms with Crippen molar-refractivity contribution in [2.75, 3.05) is 17.7 Å². The van der Waals surface area contributed by atoms with Crippen molar-refractivity contribution in [3.8, 4) is 5.75 Å². The van der Waals surface area contributed by atoms with Gasteiger partial charge < -0.3 is 15.4 Å². The first-order chi connectivity index (χ1) is 12.6. The Bertz CT molecular complexity index is 833. The van der Waals surface area contributed by atoms with Gasteiger partial charge in [-0.05, 0) is 31.0 Å². The number of hydrogen-bond donors (Lipinski definition) is 2. The Balaban J connectivity index is 1.94. The molecule has 11 heteroatoms. The highest BCUT2D eigenvalue weighted by Crippen LogP contribution is 2.38. The molecule has 0 spiro atoms. The highest BCUT2D eigenvalue weighted by Gasteiger charge is 2.36. The van der Waals surface area contributed by atoms with Crippen molar-refractivity contribution in [2.24, 2.45) is 0 Å². The van der Waals surface area contributed by atoms with Crippen molar-refractivity contribution in [2.45, 2.75) is 31.2 Å². The van der Waals surface area contributed by atoms with E-state index < -0.39 is 29.4 Å². The molecule has 0 radical (unpaired) electrons. The van der Waals surface area contributed by atoms with E-state index in [-0.39, 0.29) is 23.5 Å². The Morgan fingerprint density at radius 3 is 2.26 bits per heavy atom. The maximum absolute atomic E-state index is 13.1. The lowest BCUT2D eigenvalue weighted by Crippen LogP contribution is -2.14. The van der Waals surface area contributed by atoms with Crippen molar-refractivity contribution < 1.29 is 31.1 Å². The fraction of sp³-hybridized carbons (Fsp3) is 0.375. The third kappa shape index (κ3) is 4.72. The van der Waals surface area contributed by atoms with Crippen LogP contribution in [0.1, 0.15) is 24.1 Å². The molecule has 1 heterocycles. The van der Waals surface area contributed by atoms with Crippen LogP contribution in [0.3, 0.4) is 0 Å². The molecular formula is C16H14F6N4O. The van der Waals surface area contributed by atoms with Gasteiger partial charge in [0.1, 0.15) is 11.6 Å². The maximum atomic E-state index is 13.1. The molecule has 0 atom stereocenters. The van der Waals surface area contributed by atoms with E-state index in [4.69, 9.17) is 0 Å². The summed E-state index contributed by atoms with van der Waals surface area (Å²) in [5, 5.41) is 5.21. The second-order valence-corrected chi connectivity index (χ2v) is 5.92. The van der Waals surface area contributed by atoms with E-state index >= 15 is 0 Å². The number of nitrogens with zero attached hydrogens (tertiary/aromatic N) is 2.